The number of benzene rings is 1. The molecule has 0 atom stereocenters. The number of anilines is 1. The van der Waals surface area contributed by atoms with Crippen molar-refractivity contribution in [3.8, 4) is 0 Å². The highest BCUT2D eigenvalue weighted by molar-refractivity contribution is 7.99. The molecular formula is C21H33NO2S2. The maximum absolute atomic E-state index is 12.2. The number of aliphatic hydroxyl groups excluding tert-OH is 1. The third kappa shape index (κ3) is 9.41. The quantitative estimate of drug-likeness (QED) is 0.455. The van der Waals surface area contributed by atoms with Gasteiger partial charge in [-0.2, -0.15) is 11.8 Å². The topological polar surface area (TPSA) is 49.3 Å². The summed E-state index contributed by atoms with van der Waals surface area (Å²) in [5, 5.41) is 11.3. The number of hydrogen-bond acceptors (Lipinski definition) is 5. The number of carbonyl (C=O) groups excluding carboxylic acids is 1. The van der Waals surface area contributed by atoms with Gasteiger partial charge in [-0.25, -0.2) is 0 Å². The Bertz CT molecular complexity index is 593. The monoisotopic (exact) mass is 395 g/mol. The van der Waals surface area contributed by atoms with Crippen LogP contribution in [0.1, 0.15) is 48.0 Å². The standard InChI is InChI=1S/C15H17NOS.C5H12S.CH4O/c1-3-13-9-12(15(16-2)18-13)10-14(17)11-7-5-4-6-8-11;1-3-5-6-4-2;1-2/h4-9,16H,3,10H2,1-2H3;3-5H2,1-2H3;2H,1H3. The van der Waals surface area contributed by atoms with E-state index < -0.39 is 0 Å². The van der Waals surface area contributed by atoms with Crippen LogP contribution in [0, 0.1) is 0 Å². The van der Waals surface area contributed by atoms with Crippen molar-refractivity contribution >= 4 is 33.9 Å². The number of nitrogens with one attached hydrogen (secondary N) is 1. The van der Waals surface area contributed by atoms with Gasteiger partial charge in [-0.3, -0.25) is 4.79 Å². The molecule has 0 bridgehead atoms. The zero-order chi connectivity index (χ0) is 19.8. The first-order valence-electron chi connectivity index (χ1n) is 9.06. The molecule has 0 saturated heterocycles. The maximum atomic E-state index is 12.2. The summed E-state index contributed by atoms with van der Waals surface area (Å²) in [5.41, 5.74) is 1.89. The zero-order valence-electron chi connectivity index (χ0n) is 16.7. The van der Waals surface area contributed by atoms with Gasteiger partial charge in [-0.15, -0.1) is 11.3 Å². The fraction of sp³-hybridized carbons (Fsp3) is 0.476. The van der Waals surface area contributed by atoms with E-state index in [9.17, 15) is 4.79 Å². The Morgan fingerprint density at radius 1 is 1.15 bits per heavy atom. The Balaban J connectivity index is 0.000000667. The van der Waals surface area contributed by atoms with E-state index in [2.05, 4.69) is 32.2 Å². The Labute approximate surface area is 167 Å². The fourth-order valence-corrected chi connectivity index (χ4v) is 3.74. The summed E-state index contributed by atoms with van der Waals surface area (Å²) in [6.07, 6.45) is 2.80. The molecule has 1 aromatic heterocycles. The lowest BCUT2D eigenvalue weighted by Gasteiger charge is -2.02. The van der Waals surface area contributed by atoms with Crippen molar-refractivity contribution in [3.63, 3.8) is 0 Å². The first kappa shape index (κ1) is 24.7. The molecule has 0 aliphatic rings. The van der Waals surface area contributed by atoms with Crippen molar-refractivity contribution in [3.05, 3.63) is 52.4 Å². The first-order valence-corrected chi connectivity index (χ1v) is 11.0. The van der Waals surface area contributed by atoms with Crippen molar-refractivity contribution in [1.82, 2.24) is 0 Å². The molecule has 0 aliphatic carbocycles. The first-order chi connectivity index (χ1) is 12.7. The SMILES string of the molecule is CCCSCC.CCc1cc(CC(=O)c2ccccc2)c(NC)s1.CO. The predicted molar refractivity (Wildman–Crippen MR) is 119 cm³/mol. The van der Waals surface area contributed by atoms with E-state index in [0.717, 1.165) is 29.7 Å². The van der Waals surface area contributed by atoms with Crippen LogP contribution in [0.15, 0.2) is 36.4 Å². The molecule has 0 spiro atoms. The molecule has 1 heterocycles. The van der Waals surface area contributed by atoms with Gasteiger partial charge in [0.25, 0.3) is 0 Å². The molecule has 146 valence electrons. The number of hydrogen-bond donors (Lipinski definition) is 2. The second-order valence-corrected chi connectivity index (χ2v) is 7.86. The van der Waals surface area contributed by atoms with Crippen molar-refractivity contribution in [2.75, 3.05) is 31.0 Å². The van der Waals surface area contributed by atoms with Gasteiger partial charge in [0.1, 0.15) is 0 Å². The van der Waals surface area contributed by atoms with Crippen LogP contribution in [0.4, 0.5) is 5.00 Å². The fourth-order valence-electron chi connectivity index (χ4n) is 2.19. The third-order valence-corrected chi connectivity index (χ3v) is 5.88. The van der Waals surface area contributed by atoms with E-state index >= 15 is 0 Å². The molecule has 0 aliphatic heterocycles. The van der Waals surface area contributed by atoms with Gasteiger partial charge in [-0.05, 0) is 36.0 Å². The molecule has 0 amide bonds. The van der Waals surface area contributed by atoms with E-state index in [0.29, 0.717) is 6.42 Å². The maximum Gasteiger partial charge on any atom is 0.167 e. The van der Waals surface area contributed by atoms with Gasteiger partial charge in [0, 0.05) is 31.0 Å². The van der Waals surface area contributed by atoms with Gasteiger partial charge in [-0.1, -0.05) is 51.1 Å². The molecule has 2 aromatic rings. The number of thioether (sulfide) groups is 1. The second kappa shape index (κ2) is 15.9. The smallest absolute Gasteiger partial charge is 0.167 e. The van der Waals surface area contributed by atoms with E-state index in [1.807, 2.05) is 49.1 Å². The number of rotatable bonds is 8. The predicted octanol–water partition coefficient (Wildman–Crippen LogP) is 5.54. The minimum absolute atomic E-state index is 0.174. The van der Waals surface area contributed by atoms with E-state index in [4.69, 9.17) is 5.11 Å². The van der Waals surface area contributed by atoms with Crippen molar-refractivity contribution in [2.24, 2.45) is 0 Å². The zero-order valence-corrected chi connectivity index (χ0v) is 18.3. The summed E-state index contributed by atoms with van der Waals surface area (Å²) in [5.74, 6) is 2.78. The highest BCUT2D eigenvalue weighted by Gasteiger charge is 2.12. The number of ketones is 1. The Morgan fingerprint density at radius 3 is 2.27 bits per heavy atom. The minimum Gasteiger partial charge on any atom is -0.400 e. The largest absolute Gasteiger partial charge is 0.400 e. The van der Waals surface area contributed by atoms with E-state index in [-0.39, 0.29) is 5.78 Å². The lowest BCUT2D eigenvalue weighted by Crippen LogP contribution is -2.04. The molecular weight excluding hydrogens is 362 g/mol. The Kier molecular flexibility index (Phi) is 15.1. The average Bonchev–Trinajstić information content (AvgIpc) is 3.11. The molecule has 3 nitrogen and oxygen atoms in total. The molecule has 5 heteroatoms. The summed E-state index contributed by atoms with van der Waals surface area (Å²) in [4.78, 5) is 13.5. The molecule has 0 fully saturated rings. The van der Waals surface area contributed by atoms with Crippen molar-refractivity contribution in [1.29, 1.82) is 0 Å². The van der Waals surface area contributed by atoms with Crippen LogP contribution in [0.5, 0.6) is 0 Å². The summed E-state index contributed by atoms with van der Waals surface area (Å²) in [7, 11) is 2.90. The molecule has 2 N–H and O–H groups in total. The average molecular weight is 396 g/mol. The van der Waals surface area contributed by atoms with Crippen LogP contribution >= 0.6 is 23.1 Å². The second-order valence-electron chi connectivity index (χ2n) is 5.33. The van der Waals surface area contributed by atoms with Crippen molar-refractivity contribution < 1.29 is 9.90 Å². The summed E-state index contributed by atoms with van der Waals surface area (Å²) < 4.78 is 0. The molecule has 0 radical (unpaired) electrons. The van der Waals surface area contributed by atoms with Gasteiger partial charge in [0.05, 0.1) is 5.00 Å². The summed E-state index contributed by atoms with van der Waals surface area (Å²) >= 11 is 3.74. The Hall–Kier alpha value is -1.30. The highest BCUT2D eigenvalue weighted by Crippen LogP contribution is 2.29. The molecule has 0 saturated carbocycles. The van der Waals surface area contributed by atoms with Gasteiger partial charge < -0.3 is 10.4 Å². The van der Waals surface area contributed by atoms with Crippen LogP contribution in [-0.2, 0) is 12.8 Å². The van der Waals surface area contributed by atoms with Crippen LogP contribution < -0.4 is 5.32 Å². The Morgan fingerprint density at radius 2 is 1.81 bits per heavy atom. The van der Waals surface area contributed by atoms with E-state index in [1.165, 1.54) is 22.8 Å². The molecule has 26 heavy (non-hydrogen) atoms. The number of carbonyl (C=O) groups is 1. The molecule has 0 unspecified atom stereocenters. The minimum atomic E-state index is 0.174. The van der Waals surface area contributed by atoms with Crippen LogP contribution in [-0.4, -0.2) is 36.6 Å². The number of thiophene rings is 1. The number of aryl methyl sites for hydroxylation is 1. The van der Waals surface area contributed by atoms with Crippen LogP contribution in [0.3, 0.4) is 0 Å². The van der Waals surface area contributed by atoms with Crippen LogP contribution in [0.2, 0.25) is 0 Å². The number of Topliss-reactive ketones (excluding diaryl/α,β-unsaturated/α-hetero) is 1. The summed E-state index contributed by atoms with van der Waals surface area (Å²) in [6, 6.07) is 11.6. The van der Waals surface area contributed by atoms with Gasteiger partial charge in [0.15, 0.2) is 5.78 Å². The van der Waals surface area contributed by atoms with Crippen molar-refractivity contribution in [2.45, 2.75) is 40.0 Å². The summed E-state index contributed by atoms with van der Waals surface area (Å²) in [6.45, 7) is 6.54. The van der Waals surface area contributed by atoms with Crippen LogP contribution in [0.25, 0.3) is 0 Å². The van der Waals surface area contributed by atoms with Gasteiger partial charge >= 0.3 is 0 Å². The third-order valence-electron chi connectivity index (χ3n) is 3.43. The van der Waals surface area contributed by atoms with Gasteiger partial charge in [0.2, 0.25) is 0 Å². The lowest BCUT2D eigenvalue weighted by atomic mass is 10.0. The lowest BCUT2D eigenvalue weighted by molar-refractivity contribution is 0.0993. The molecule has 2 rings (SSSR count). The number of aliphatic hydroxyl groups is 1. The normalized spacial score (nSPS) is 9.46. The van der Waals surface area contributed by atoms with E-state index in [1.54, 1.807) is 11.3 Å². The molecule has 1 aromatic carbocycles. The highest BCUT2D eigenvalue weighted by atomic mass is 32.2.